The summed E-state index contributed by atoms with van der Waals surface area (Å²) in [6, 6.07) is 6.88. The number of carbonyl (C=O) groups is 1. The number of anilines is 1. The molecule has 0 spiro atoms. The Balaban J connectivity index is 1.99. The van der Waals surface area contributed by atoms with Crippen LogP contribution in [0.1, 0.15) is 20.3 Å². The molecular weight excluding hydrogens is 370 g/mol. The van der Waals surface area contributed by atoms with E-state index in [2.05, 4.69) is 20.4 Å². The average molecular weight is 398 g/mol. The lowest BCUT2D eigenvalue weighted by Gasteiger charge is -2.22. The molecule has 0 saturated carbocycles. The van der Waals surface area contributed by atoms with E-state index in [4.69, 9.17) is 4.74 Å². The van der Waals surface area contributed by atoms with E-state index >= 15 is 0 Å². The topological polar surface area (TPSA) is 75.2 Å². The highest BCUT2D eigenvalue weighted by molar-refractivity contribution is 5.81. The molecule has 1 aromatic carbocycles. The van der Waals surface area contributed by atoms with Gasteiger partial charge in [-0.1, -0.05) is 19.1 Å². The molecule has 2 atom stereocenters. The first kappa shape index (κ1) is 21.7. The molecule has 2 N–H and O–H groups in total. The van der Waals surface area contributed by atoms with Gasteiger partial charge in [-0.3, -0.25) is 9.79 Å². The lowest BCUT2D eigenvalue weighted by atomic mass is 10.2. The van der Waals surface area contributed by atoms with Crippen molar-refractivity contribution in [1.29, 1.82) is 0 Å². The van der Waals surface area contributed by atoms with Crippen LogP contribution in [0.3, 0.4) is 0 Å². The van der Waals surface area contributed by atoms with Crippen LogP contribution in [0.5, 0.6) is 5.75 Å². The first-order chi connectivity index (χ1) is 13.4. The second kappa shape index (κ2) is 10.7. The Morgan fingerprint density at radius 1 is 1.39 bits per heavy atom. The van der Waals surface area contributed by atoms with E-state index in [9.17, 15) is 13.6 Å². The highest BCUT2D eigenvalue weighted by atomic mass is 19.3. The summed E-state index contributed by atoms with van der Waals surface area (Å²) in [6.07, 6.45) is 0.819. The van der Waals surface area contributed by atoms with Gasteiger partial charge < -0.3 is 25.0 Å². The van der Waals surface area contributed by atoms with Crippen molar-refractivity contribution in [2.75, 3.05) is 38.2 Å². The minimum absolute atomic E-state index is 0.0887. The van der Waals surface area contributed by atoms with Gasteiger partial charge in [0, 0.05) is 25.7 Å². The lowest BCUT2D eigenvalue weighted by Crippen LogP contribution is -2.45. The number of nitrogens with zero attached hydrogens (tertiary/aromatic N) is 2. The molecule has 7 nitrogen and oxygen atoms in total. The van der Waals surface area contributed by atoms with Crippen LogP contribution < -0.4 is 20.3 Å². The number of nitrogens with one attached hydrogen (secondary N) is 2. The number of aliphatic imine (C=N–C) groups is 1. The Labute approximate surface area is 164 Å². The highest BCUT2D eigenvalue weighted by Gasteiger charge is 2.26. The quantitative estimate of drug-likeness (QED) is 0.397. The van der Waals surface area contributed by atoms with Crippen LogP contribution in [0, 0.1) is 5.92 Å². The second-order valence-electron chi connectivity index (χ2n) is 6.57. The summed E-state index contributed by atoms with van der Waals surface area (Å²) < 4.78 is 34.6. The molecular formula is C19H28F2N4O3. The first-order valence-electron chi connectivity index (χ1n) is 9.36. The van der Waals surface area contributed by atoms with E-state index in [1.165, 1.54) is 7.11 Å². The first-order valence-corrected chi connectivity index (χ1v) is 9.36. The largest absolute Gasteiger partial charge is 0.469 e. The number of esters is 1. The van der Waals surface area contributed by atoms with Gasteiger partial charge in [0.15, 0.2) is 5.96 Å². The number of alkyl halides is 2. The SMILES string of the molecule is CCNC(=NCC(C)C(=O)OC)NC1CCN(c2ccccc2OC(F)F)C1. The Bertz CT molecular complexity index is 672. The van der Waals surface area contributed by atoms with Gasteiger partial charge in [0.2, 0.25) is 0 Å². The summed E-state index contributed by atoms with van der Waals surface area (Å²) in [7, 11) is 1.36. The molecule has 1 aromatic rings. The molecule has 9 heteroatoms. The van der Waals surface area contributed by atoms with Crippen molar-refractivity contribution in [1.82, 2.24) is 10.6 Å². The fourth-order valence-electron chi connectivity index (χ4n) is 3.03. The Hall–Kier alpha value is -2.58. The molecule has 2 rings (SSSR count). The number of ether oxygens (including phenoxy) is 2. The minimum atomic E-state index is -2.86. The smallest absolute Gasteiger partial charge is 0.387 e. The van der Waals surface area contributed by atoms with Crippen LogP contribution in [0.2, 0.25) is 0 Å². The number of halogens is 2. The van der Waals surface area contributed by atoms with Gasteiger partial charge in [0.05, 0.1) is 25.3 Å². The molecule has 2 unspecified atom stereocenters. The fourth-order valence-corrected chi connectivity index (χ4v) is 3.03. The number of rotatable bonds is 8. The van der Waals surface area contributed by atoms with Gasteiger partial charge in [-0.15, -0.1) is 0 Å². The monoisotopic (exact) mass is 398 g/mol. The zero-order chi connectivity index (χ0) is 20.5. The maximum atomic E-state index is 12.6. The maximum Gasteiger partial charge on any atom is 0.387 e. The molecule has 0 aliphatic carbocycles. The number of para-hydroxylation sites is 2. The summed E-state index contributed by atoms with van der Waals surface area (Å²) >= 11 is 0. The summed E-state index contributed by atoms with van der Waals surface area (Å²) in [5.74, 6) is 0.147. The van der Waals surface area contributed by atoms with Crippen molar-refractivity contribution < 1.29 is 23.0 Å². The van der Waals surface area contributed by atoms with Crippen molar-refractivity contribution in [3.05, 3.63) is 24.3 Å². The number of benzene rings is 1. The van der Waals surface area contributed by atoms with Gasteiger partial charge in [-0.05, 0) is 25.5 Å². The number of hydrogen-bond acceptors (Lipinski definition) is 5. The van der Waals surface area contributed by atoms with Gasteiger partial charge in [0.25, 0.3) is 0 Å². The van der Waals surface area contributed by atoms with E-state index in [0.717, 1.165) is 6.42 Å². The molecule has 1 aliphatic heterocycles. The molecule has 1 saturated heterocycles. The zero-order valence-corrected chi connectivity index (χ0v) is 16.5. The molecule has 0 amide bonds. The summed E-state index contributed by atoms with van der Waals surface area (Å²) in [4.78, 5) is 18.0. The Kier molecular flexibility index (Phi) is 8.28. The summed E-state index contributed by atoms with van der Waals surface area (Å²) in [5.41, 5.74) is 0.647. The number of hydrogen-bond donors (Lipinski definition) is 2. The van der Waals surface area contributed by atoms with Crippen molar-refractivity contribution in [2.45, 2.75) is 32.9 Å². The number of methoxy groups -OCH3 is 1. The standard InChI is InChI=1S/C19H28F2N4O3/c1-4-22-19(23-11-13(2)17(26)27-3)24-14-9-10-25(12-14)15-7-5-6-8-16(15)28-18(20)21/h5-8,13-14,18H,4,9-12H2,1-3H3,(H2,22,23,24). The molecule has 1 fully saturated rings. The van der Waals surface area contributed by atoms with E-state index in [0.29, 0.717) is 37.8 Å². The van der Waals surface area contributed by atoms with Gasteiger partial charge in [-0.2, -0.15) is 8.78 Å². The molecule has 0 aromatic heterocycles. The van der Waals surface area contributed by atoms with E-state index in [-0.39, 0.29) is 23.7 Å². The van der Waals surface area contributed by atoms with Crippen molar-refractivity contribution in [2.24, 2.45) is 10.9 Å². The van der Waals surface area contributed by atoms with Crippen molar-refractivity contribution in [3.63, 3.8) is 0 Å². The van der Waals surface area contributed by atoms with Gasteiger partial charge >= 0.3 is 12.6 Å². The van der Waals surface area contributed by atoms with Crippen LogP contribution in [-0.2, 0) is 9.53 Å². The Morgan fingerprint density at radius 3 is 2.82 bits per heavy atom. The van der Waals surface area contributed by atoms with Gasteiger partial charge in [-0.25, -0.2) is 0 Å². The van der Waals surface area contributed by atoms with E-state index in [1.807, 2.05) is 11.8 Å². The van der Waals surface area contributed by atoms with E-state index in [1.54, 1.807) is 31.2 Å². The number of guanidine groups is 1. The third-order valence-electron chi connectivity index (χ3n) is 4.42. The fraction of sp³-hybridized carbons (Fsp3) is 0.579. The Morgan fingerprint density at radius 2 is 2.14 bits per heavy atom. The van der Waals surface area contributed by atoms with Crippen molar-refractivity contribution >= 4 is 17.6 Å². The molecule has 28 heavy (non-hydrogen) atoms. The highest BCUT2D eigenvalue weighted by Crippen LogP contribution is 2.31. The zero-order valence-electron chi connectivity index (χ0n) is 16.5. The van der Waals surface area contributed by atoms with Crippen LogP contribution in [-0.4, -0.2) is 57.9 Å². The molecule has 156 valence electrons. The predicted octanol–water partition coefficient (Wildman–Crippen LogP) is 2.23. The lowest BCUT2D eigenvalue weighted by molar-refractivity contribution is -0.144. The summed E-state index contributed by atoms with van der Waals surface area (Å²) in [6.45, 7) is 3.18. The normalized spacial score (nSPS) is 18.1. The van der Waals surface area contributed by atoms with E-state index < -0.39 is 6.61 Å². The average Bonchev–Trinajstić information content (AvgIpc) is 3.13. The van der Waals surface area contributed by atoms with Crippen LogP contribution in [0.25, 0.3) is 0 Å². The van der Waals surface area contributed by atoms with Crippen molar-refractivity contribution in [3.8, 4) is 5.75 Å². The molecule has 1 aliphatic rings. The number of carbonyl (C=O) groups excluding carboxylic acids is 1. The molecule has 0 bridgehead atoms. The van der Waals surface area contributed by atoms with Gasteiger partial charge in [0.1, 0.15) is 5.75 Å². The molecule has 1 heterocycles. The predicted molar refractivity (Wildman–Crippen MR) is 104 cm³/mol. The third kappa shape index (κ3) is 6.24. The minimum Gasteiger partial charge on any atom is -0.469 e. The van der Waals surface area contributed by atoms with Crippen LogP contribution in [0.15, 0.2) is 29.3 Å². The second-order valence-corrected chi connectivity index (χ2v) is 6.57. The molecule has 0 radical (unpaired) electrons. The van der Waals surface area contributed by atoms with Crippen LogP contribution in [0.4, 0.5) is 14.5 Å². The third-order valence-corrected chi connectivity index (χ3v) is 4.42. The van der Waals surface area contributed by atoms with Crippen LogP contribution >= 0.6 is 0 Å². The summed E-state index contributed by atoms with van der Waals surface area (Å²) in [5, 5.41) is 6.50. The maximum absolute atomic E-state index is 12.6.